The molecule has 0 aromatic heterocycles. The number of carboxylic acids is 1. The molecule has 1 aliphatic carbocycles. The van der Waals surface area contributed by atoms with Crippen LogP contribution in [0, 0.1) is 5.41 Å². The zero-order valence-corrected chi connectivity index (χ0v) is 14.3. The van der Waals surface area contributed by atoms with Crippen LogP contribution in [0.2, 0.25) is 5.02 Å². The van der Waals surface area contributed by atoms with E-state index in [4.69, 9.17) is 11.6 Å². The molecule has 6 heteroatoms. The van der Waals surface area contributed by atoms with Crippen molar-refractivity contribution in [2.24, 2.45) is 5.41 Å². The number of rotatable bonds is 5. The Morgan fingerprint density at radius 3 is 2.36 bits per heavy atom. The molecule has 5 nitrogen and oxygen atoms in total. The fourth-order valence-corrected chi connectivity index (χ4v) is 3.14. The first-order valence-corrected chi connectivity index (χ1v) is 8.51. The maximum Gasteiger partial charge on any atom is 0.319 e. The summed E-state index contributed by atoms with van der Waals surface area (Å²) < 4.78 is 0. The van der Waals surface area contributed by atoms with Crippen LogP contribution in [0.1, 0.15) is 19.3 Å². The number of carboxylic acid groups (broad SMARTS) is 1. The molecule has 1 fully saturated rings. The molecular formula is C19H19ClN2O3. The molecule has 0 heterocycles. The number of urea groups is 1. The number of nitrogens with one attached hydrogen (secondary N) is 2. The number of amides is 2. The molecule has 0 radical (unpaired) electrons. The summed E-state index contributed by atoms with van der Waals surface area (Å²) in [6, 6.07) is 14.7. The van der Waals surface area contributed by atoms with Gasteiger partial charge in [-0.25, -0.2) is 4.79 Å². The highest BCUT2D eigenvalue weighted by atomic mass is 35.5. The summed E-state index contributed by atoms with van der Waals surface area (Å²) in [6.45, 7) is 0.119. The topological polar surface area (TPSA) is 78.4 Å². The molecule has 3 N–H and O–H groups in total. The second-order valence-corrected chi connectivity index (χ2v) is 6.71. The molecule has 0 bridgehead atoms. The smallest absolute Gasteiger partial charge is 0.319 e. The van der Waals surface area contributed by atoms with Crippen molar-refractivity contribution >= 4 is 29.3 Å². The van der Waals surface area contributed by atoms with Crippen molar-refractivity contribution in [1.82, 2.24) is 5.32 Å². The third-order valence-corrected chi connectivity index (χ3v) is 4.99. The highest BCUT2D eigenvalue weighted by molar-refractivity contribution is 6.34. The molecule has 3 rings (SSSR count). The van der Waals surface area contributed by atoms with E-state index in [1.165, 1.54) is 0 Å². The van der Waals surface area contributed by atoms with Crippen LogP contribution in [0.3, 0.4) is 0 Å². The molecular weight excluding hydrogens is 340 g/mol. The quantitative estimate of drug-likeness (QED) is 0.742. The van der Waals surface area contributed by atoms with E-state index in [-0.39, 0.29) is 6.54 Å². The van der Waals surface area contributed by atoms with Gasteiger partial charge in [0.15, 0.2) is 0 Å². The van der Waals surface area contributed by atoms with Gasteiger partial charge in [-0.2, -0.15) is 0 Å². The first-order chi connectivity index (χ1) is 12.0. The lowest BCUT2D eigenvalue weighted by Crippen LogP contribution is -2.48. The lowest BCUT2D eigenvalue weighted by molar-refractivity contribution is -0.153. The highest BCUT2D eigenvalue weighted by Crippen LogP contribution is 2.40. The summed E-state index contributed by atoms with van der Waals surface area (Å²) in [5.41, 5.74) is 1.65. The lowest BCUT2D eigenvalue weighted by atomic mass is 9.69. The average molecular weight is 359 g/mol. The molecule has 25 heavy (non-hydrogen) atoms. The van der Waals surface area contributed by atoms with Gasteiger partial charge in [0.1, 0.15) is 0 Å². The third-order valence-electron chi connectivity index (χ3n) is 4.68. The van der Waals surface area contributed by atoms with Crippen molar-refractivity contribution in [2.75, 3.05) is 11.9 Å². The van der Waals surface area contributed by atoms with Gasteiger partial charge in [-0.05, 0) is 36.1 Å². The van der Waals surface area contributed by atoms with E-state index in [0.717, 1.165) is 17.5 Å². The summed E-state index contributed by atoms with van der Waals surface area (Å²) in [4.78, 5) is 23.4. The van der Waals surface area contributed by atoms with Crippen LogP contribution in [-0.2, 0) is 4.79 Å². The summed E-state index contributed by atoms with van der Waals surface area (Å²) in [5, 5.41) is 15.0. The van der Waals surface area contributed by atoms with Crippen LogP contribution in [0.15, 0.2) is 48.5 Å². The van der Waals surface area contributed by atoms with Crippen LogP contribution in [0.25, 0.3) is 11.1 Å². The maximum absolute atomic E-state index is 12.1. The first kappa shape index (κ1) is 17.3. The number of aliphatic carboxylic acids is 1. The monoisotopic (exact) mass is 358 g/mol. The molecule has 0 saturated heterocycles. The van der Waals surface area contributed by atoms with Gasteiger partial charge < -0.3 is 15.7 Å². The molecule has 0 atom stereocenters. The van der Waals surface area contributed by atoms with Crippen molar-refractivity contribution in [3.63, 3.8) is 0 Å². The van der Waals surface area contributed by atoms with E-state index >= 15 is 0 Å². The zero-order valence-electron chi connectivity index (χ0n) is 13.6. The third kappa shape index (κ3) is 3.77. The predicted octanol–water partition coefficient (Wildman–Crippen LogP) is 4.38. The van der Waals surface area contributed by atoms with Gasteiger partial charge in [0.25, 0.3) is 0 Å². The molecule has 2 amide bonds. The highest BCUT2D eigenvalue weighted by Gasteiger charge is 2.44. The Morgan fingerprint density at radius 1 is 1.08 bits per heavy atom. The summed E-state index contributed by atoms with van der Waals surface area (Å²) in [5.74, 6) is -0.857. The van der Waals surface area contributed by atoms with Gasteiger partial charge in [-0.3, -0.25) is 4.79 Å². The molecule has 1 saturated carbocycles. The van der Waals surface area contributed by atoms with Crippen LogP contribution in [0.5, 0.6) is 0 Å². The Kier molecular flexibility index (Phi) is 4.95. The summed E-state index contributed by atoms with van der Waals surface area (Å²) in [6.07, 6.45) is 2.06. The van der Waals surface area contributed by atoms with Gasteiger partial charge in [0.05, 0.1) is 16.1 Å². The number of hydrogen-bond acceptors (Lipinski definition) is 2. The average Bonchev–Trinajstić information content (AvgIpc) is 2.56. The summed E-state index contributed by atoms with van der Waals surface area (Å²) in [7, 11) is 0. The van der Waals surface area contributed by atoms with Gasteiger partial charge in [-0.15, -0.1) is 0 Å². The van der Waals surface area contributed by atoms with Crippen LogP contribution in [0.4, 0.5) is 10.5 Å². The lowest BCUT2D eigenvalue weighted by Gasteiger charge is -2.37. The Labute approximate surface area is 151 Å². The van der Waals surface area contributed by atoms with E-state index in [1.54, 1.807) is 12.1 Å². The maximum atomic E-state index is 12.1. The van der Waals surface area contributed by atoms with Crippen molar-refractivity contribution in [2.45, 2.75) is 19.3 Å². The van der Waals surface area contributed by atoms with Gasteiger partial charge >= 0.3 is 12.0 Å². The normalized spacial score (nSPS) is 15.1. The fraction of sp³-hybridized carbons (Fsp3) is 0.263. The van der Waals surface area contributed by atoms with Gasteiger partial charge in [-0.1, -0.05) is 54.4 Å². The molecule has 0 unspecified atom stereocenters. The standard InChI is InChI=1S/C19H19ClN2O3/c20-15-11-14(13-5-2-1-3-6-13)7-8-16(15)22-18(25)21-12-19(17(23)24)9-4-10-19/h1-3,5-8,11H,4,9-10,12H2,(H,23,24)(H2,21,22,25). The summed E-state index contributed by atoms with van der Waals surface area (Å²) >= 11 is 6.27. The minimum absolute atomic E-state index is 0.119. The zero-order chi connectivity index (χ0) is 17.9. The van der Waals surface area contributed by atoms with E-state index in [2.05, 4.69) is 10.6 Å². The van der Waals surface area contributed by atoms with Gasteiger partial charge in [0.2, 0.25) is 0 Å². The molecule has 1 aliphatic rings. The number of halogens is 1. The molecule has 0 spiro atoms. The van der Waals surface area contributed by atoms with Crippen molar-refractivity contribution in [1.29, 1.82) is 0 Å². The van der Waals surface area contributed by atoms with Crippen molar-refractivity contribution < 1.29 is 14.7 Å². The van der Waals surface area contributed by atoms with E-state index < -0.39 is 17.4 Å². The molecule has 2 aromatic rings. The Balaban J connectivity index is 1.63. The van der Waals surface area contributed by atoms with Crippen molar-refractivity contribution in [3.05, 3.63) is 53.6 Å². The second-order valence-electron chi connectivity index (χ2n) is 6.31. The van der Waals surface area contributed by atoms with Crippen LogP contribution in [-0.4, -0.2) is 23.7 Å². The second kappa shape index (κ2) is 7.15. The Hall–Kier alpha value is -2.53. The predicted molar refractivity (Wildman–Crippen MR) is 97.8 cm³/mol. The van der Waals surface area contributed by atoms with Crippen LogP contribution >= 0.6 is 11.6 Å². The minimum Gasteiger partial charge on any atom is -0.481 e. The minimum atomic E-state index is -0.857. The number of hydrogen-bond donors (Lipinski definition) is 3. The largest absolute Gasteiger partial charge is 0.481 e. The van der Waals surface area contributed by atoms with Crippen LogP contribution < -0.4 is 10.6 Å². The number of carbonyl (C=O) groups excluding carboxylic acids is 1. The van der Waals surface area contributed by atoms with Gasteiger partial charge in [0, 0.05) is 6.54 Å². The SMILES string of the molecule is O=C(NCC1(C(=O)O)CCC1)Nc1ccc(-c2ccccc2)cc1Cl. The molecule has 0 aliphatic heterocycles. The Morgan fingerprint density at radius 2 is 1.80 bits per heavy atom. The molecule has 130 valence electrons. The van der Waals surface area contributed by atoms with E-state index in [0.29, 0.717) is 23.6 Å². The van der Waals surface area contributed by atoms with E-state index in [9.17, 15) is 14.7 Å². The Bertz CT molecular complexity index is 789. The first-order valence-electron chi connectivity index (χ1n) is 8.13. The molecule has 2 aromatic carbocycles. The number of benzene rings is 2. The fourth-order valence-electron chi connectivity index (χ4n) is 2.91. The number of anilines is 1. The van der Waals surface area contributed by atoms with E-state index in [1.807, 2.05) is 36.4 Å². The number of carbonyl (C=O) groups is 2. The van der Waals surface area contributed by atoms with Crippen molar-refractivity contribution in [3.8, 4) is 11.1 Å².